The van der Waals surface area contributed by atoms with Gasteiger partial charge in [-0.2, -0.15) is 5.26 Å². The van der Waals surface area contributed by atoms with Gasteiger partial charge in [0.1, 0.15) is 11.9 Å². The topological polar surface area (TPSA) is 82.0 Å². The Morgan fingerprint density at radius 2 is 2.17 bits per heavy atom. The fourth-order valence-corrected chi connectivity index (χ4v) is 3.73. The molecule has 0 saturated carbocycles. The number of nitrogens with one attached hydrogen (secondary N) is 2. The molecule has 1 unspecified atom stereocenters. The summed E-state index contributed by atoms with van der Waals surface area (Å²) in [5.41, 5.74) is -0.277. The summed E-state index contributed by atoms with van der Waals surface area (Å²) in [7, 11) is -3.77. The van der Waals surface area contributed by atoms with Crippen molar-refractivity contribution in [3.05, 3.63) is 29.6 Å². The normalized spacial score (nSPS) is 20.3. The average molecular weight is 362 g/mol. The number of nitrogens with zero attached hydrogens (tertiary/aromatic N) is 1. The van der Waals surface area contributed by atoms with Crippen LogP contribution in [0.1, 0.15) is 32.3 Å². The SMILES string of the molecule is CC1(C)CCCNC1CNS(=O)(=O)c1ccc(F)c(C#N)c1.Cl. The molecule has 1 atom stereocenters. The highest BCUT2D eigenvalue weighted by molar-refractivity contribution is 7.89. The van der Waals surface area contributed by atoms with Gasteiger partial charge in [-0.1, -0.05) is 13.8 Å². The van der Waals surface area contributed by atoms with E-state index in [9.17, 15) is 12.8 Å². The van der Waals surface area contributed by atoms with Gasteiger partial charge in [0, 0.05) is 12.6 Å². The fraction of sp³-hybridized carbons (Fsp3) is 0.533. The van der Waals surface area contributed by atoms with Crippen molar-refractivity contribution in [2.45, 2.75) is 37.6 Å². The molecule has 1 aromatic rings. The molecule has 1 fully saturated rings. The van der Waals surface area contributed by atoms with Crippen LogP contribution in [0.4, 0.5) is 4.39 Å². The number of benzene rings is 1. The van der Waals surface area contributed by atoms with Crippen molar-refractivity contribution in [1.29, 1.82) is 5.26 Å². The Balaban J connectivity index is 0.00000264. The molecule has 0 amide bonds. The molecule has 2 N–H and O–H groups in total. The second-order valence-electron chi connectivity index (χ2n) is 6.20. The van der Waals surface area contributed by atoms with E-state index in [0.717, 1.165) is 37.6 Å². The minimum atomic E-state index is -3.77. The summed E-state index contributed by atoms with van der Waals surface area (Å²) in [5.74, 6) is -0.725. The number of hydrogen-bond donors (Lipinski definition) is 2. The van der Waals surface area contributed by atoms with Gasteiger partial charge in [-0.25, -0.2) is 17.5 Å². The monoisotopic (exact) mass is 361 g/mol. The minimum Gasteiger partial charge on any atom is -0.312 e. The lowest BCUT2D eigenvalue weighted by Crippen LogP contribution is -2.52. The van der Waals surface area contributed by atoms with E-state index in [-0.39, 0.29) is 40.9 Å². The molecule has 1 aliphatic heterocycles. The lowest BCUT2D eigenvalue weighted by molar-refractivity contribution is 0.181. The molecule has 1 heterocycles. The van der Waals surface area contributed by atoms with Crippen LogP contribution in [-0.2, 0) is 10.0 Å². The third-order valence-electron chi connectivity index (χ3n) is 4.18. The zero-order valence-electron chi connectivity index (χ0n) is 13.1. The van der Waals surface area contributed by atoms with Gasteiger partial charge >= 0.3 is 0 Å². The predicted molar refractivity (Wildman–Crippen MR) is 88.4 cm³/mol. The van der Waals surface area contributed by atoms with Crippen LogP contribution in [0.25, 0.3) is 0 Å². The maximum atomic E-state index is 13.3. The Morgan fingerprint density at radius 3 is 2.78 bits per heavy atom. The molecule has 1 saturated heterocycles. The Kier molecular flexibility index (Phi) is 6.54. The summed E-state index contributed by atoms with van der Waals surface area (Å²) in [4.78, 5) is -0.0981. The molecular weight excluding hydrogens is 341 g/mol. The van der Waals surface area contributed by atoms with E-state index in [1.807, 2.05) is 0 Å². The predicted octanol–water partition coefficient (Wildman–Crippen LogP) is 2.18. The Labute approximate surface area is 142 Å². The van der Waals surface area contributed by atoms with Gasteiger partial charge in [0.05, 0.1) is 10.5 Å². The summed E-state index contributed by atoms with van der Waals surface area (Å²) in [6.45, 7) is 5.33. The summed E-state index contributed by atoms with van der Waals surface area (Å²) < 4.78 is 40.4. The third-order valence-corrected chi connectivity index (χ3v) is 5.60. The summed E-state index contributed by atoms with van der Waals surface area (Å²) >= 11 is 0. The summed E-state index contributed by atoms with van der Waals surface area (Å²) in [6.07, 6.45) is 2.10. The molecule has 23 heavy (non-hydrogen) atoms. The largest absolute Gasteiger partial charge is 0.312 e. The van der Waals surface area contributed by atoms with Gasteiger partial charge in [0.15, 0.2) is 0 Å². The van der Waals surface area contributed by atoms with Crippen LogP contribution in [0.3, 0.4) is 0 Å². The highest BCUT2D eigenvalue weighted by Crippen LogP contribution is 2.29. The maximum Gasteiger partial charge on any atom is 0.240 e. The van der Waals surface area contributed by atoms with E-state index < -0.39 is 15.8 Å². The summed E-state index contributed by atoms with van der Waals surface area (Å²) in [6, 6.07) is 4.89. The van der Waals surface area contributed by atoms with Gasteiger partial charge < -0.3 is 5.32 Å². The molecule has 0 bridgehead atoms. The molecular formula is C15H21ClFN3O2S. The second-order valence-corrected chi connectivity index (χ2v) is 7.97. The van der Waals surface area contributed by atoms with Crippen molar-refractivity contribution in [2.75, 3.05) is 13.1 Å². The second kappa shape index (κ2) is 7.58. The molecule has 5 nitrogen and oxygen atoms in total. The van der Waals surface area contributed by atoms with E-state index in [0.29, 0.717) is 0 Å². The van der Waals surface area contributed by atoms with Gasteiger partial charge in [-0.15, -0.1) is 12.4 Å². The van der Waals surface area contributed by atoms with Crippen molar-refractivity contribution < 1.29 is 12.8 Å². The van der Waals surface area contributed by atoms with Crippen molar-refractivity contribution in [3.63, 3.8) is 0 Å². The van der Waals surface area contributed by atoms with Crippen molar-refractivity contribution in [2.24, 2.45) is 5.41 Å². The van der Waals surface area contributed by atoms with Gasteiger partial charge in [0.2, 0.25) is 10.0 Å². The van der Waals surface area contributed by atoms with E-state index in [1.165, 1.54) is 0 Å². The first-order valence-electron chi connectivity index (χ1n) is 7.19. The molecule has 0 aliphatic carbocycles. The zero-order chi connectivity index (χ0) is 16.4. The first-order valence-corrected chi connectivity index (χ1v) is 8.67. The molecule has 1 aliphatic rings. The molecule has 1 aromatic carbocycles. The highest BCUT2D eigenvalue weighted by atomic mass is 35.5. The smallest absolute Gasteiger partial charge is 0.240 e. The van der Waals surface area contributed by atoms with Crippen molar-refractivity contribution in [1.82, 2.24) is 10.0 Å². The number of sulfonamides is 1. The van der Waals surface area contributed by atoms with Gasteiger partial charge in [-0.3, -0.25) is 0 Å². The number of piperidine rings is 1. The van der Waals surface area contributed by atoms with Crippen molar-refractivity contribution >= 4 is 22.4 Å². The minimum absolute atomic E-state index is 0. The Morgan fingerprint density at radius 1 is 1.48 bits per heavy atom. The third kappa shape index (κ3) is 4.64. The number of halogens is 2. The molecule has 0 spiro atoms. The standard InChI is InChI=1S/C15H20FN3O2S.ClH/c1-15(2)6-3-7-18-14(15)10-19-22(20,21)12-4-5-13(16)11(8-12)9-17;/h4-5,8,14,18-19H,3,6-7,10H2,1-2H3;1H. The maximum absolute atomic E-state index is 13.3. The first-order chi connectivity index (χ1) is 10.3. The van der Waals surface area contributed by atoms with Crippen LogP contribution in [0.2, 0.25) is 0 Å². The quantitative estimate of drug-likeness (QED) is 0.861. The van der Waals surface area contributed by atoms with Crippen LogP contribution in [0, 0.1) is 22.6 Å². The van der Waals surface area contributed by atoms with Crippen LogP contribution < -0.4 is 10.0 Å². The fourth-order valence-electron chi connectivity index (χ4n) is 2.65. The van der Waals surface area contributed by atoms with E-state index >= 15 is 0 Å². The highest BCUT2D eigenvalue weighted by Gasteiger charge is 2.32. The van der Waals surface area contributed by atoms with E-state index in [2.05, 4.69) is 23.9 Å². The van der Waals surface area contributed by atoms with Crippen LogP contribution >= 0.6 is 12.4 Å². The molecule has 2 rings (SSSR count). The molecule has 8 heteroatoms. The van der Waals surface area contributed by atoms with Crippen LogP contribution in [-0.4, -0.2) is 27.5 Å². The number of hydrogen-bond acceptors (Lipinski definition) is 4. The summed E-state index contributed by atoms with van der Waals surface area (Å²) in [5, 5.41) is 12.1. The number of nitriles is 1. The van der Waals surface area contributed by atoms with E-state index in [1.54, 1.807) is 6.07 Å². The van der Waals surface area contributed by atoms with Crippen molar-refractivity contribution in [3.8, 4) is 6.07 Å². The number of rotatable bonds is 4. The molecule has 0 aromatic heterocycles. The average Bonchev–Trinajstić information content (AvgIpc) is 2.46. The van der Waals surface area contributed by atoms with Crippen LogP contribution in [0.15, 0.2) is 23.1 Å². The molecule has 128 valence electrons. The van der Waals surface area contributed by atoms with Gasteiger partial charge in [-0.05, 0) is 43.0 Å². The zero-order valence-corrected chi connectivity index (χ0v) is 14.7. The lowest BCUT2D eigenvalue weighted by atomic mass is 9.78. The van der Waals surface area contributed by atoms with Gasteiger partial charge in [0.25, 0.3) is 0 Å². The Hall–Kier alpha value is -1.20. The Bertz CT molecular complexity index is 701. The van der Waals surface area contributed by atoms with Crippen LogP contribution in [0.5, 0.6) is 0 Å². The van der Waals surface area contributed by atoms with E-state index in [4.69, 9.17) is 5.26 Å². The first kappa shape index (κ1) is 19.8. The molecule has 0 radical (unpaired) electrons. The lowest BCUT2D eigenvalue weighted by Gasteiger charge is -2.39.